The minimum atomic E-state index is -0.905. The van der Waals surface area contributed by atoms with E-state index in [4.69, 9.17) is 10.5 Å². The summed E-state index contributed by atoms with van der Waals surface area (Å²) in [5.41, 5.74) is 7.77. The predicted octanol–water partition coefficient (Wildman–Crippen LogP) is 7.60. The first-order valence-electron chi connectivity index (χ1n) is 12.0. The van der Waals surface area contributed by atoms with Crippen molar-refractivity contribution in [3.63, 3.8) is 0 Å². The summed E-state index contributed by atoms with van der Waals surface area (Å²) in [4.78, 5) is 0. The molecule has 0 aromatic heterocycles. The largest absolute Gasteiger partial charge is 0.490 e. The lowest BCUT2D eigenvalue weighted by Gasteiger charge is -2.28. The molecule has 0 aliphatic heterocycles. The molecule has 2 N–H and O–H groups in total. The normalized spacial score (nSPS) is 18.8. The minimum Gasteiger partial charge on any atom is -0.490 e. The van der Waals surface area contributed by atoms with Crippen LogP contribution in [-0.2, 0) is 0 Å². The van der Waals surface area contributed by atoms with Crippen LogP contribution in [0.3, 0.4) is 0 Å². The van der Waals surface area contributed by atoms with Crippen LogP contribution in [0.4, 0.5) is 8.78 Å². The van der Waals surface area contributed by atoms with Crippen molar-refractivity contribution in [2.45, 2.75) is 77.0 Å². The highest BCUT2D eigenvalue weighted by Gasteiger charge is 2.22. The molecule has 2 aromatic carbocycles. The smallest absolute Gasteiger partial charge is 0.201 e. The molecule has 1 saturated carbocycles. The molecule has 0 bridgehead atoms. The maximum atomic E-state index is 14.7. The number of rotatable bonds is 11. The van der Waals surface area contributed by atoms with Gasteiger partial charge in [0.25, 0.3) is 0 Å². The van der Waals surface area contributed by atoms with Gasteiger partial charge >= 0.3 is 0 Å². The molecule has 0 amide bonds. The van der Waals surface area contributed by atoms with E-state index in [-0.39, 0.29) is 11.3 Å². The molecular formula is C27H37F2NO. The predicted molar refractivity (Wildman–Crippen MR) is 124 cm³/mol. The molecule has 1 aliphatic carbocycles. The third kappa shape index (κ3) is 6.52. The summed E-state index contributed by atoms with van der Waals surface area (Å²) in [6, 6.07) is 11.2. The Labute approximate surface area is 186 Å². The Morgan fingerprint density at radius 1 is 0.871 bits per heavy atom. The Balaban J connectivity index is 1.59. The fourth-order valence-electron chi connectivity index (χ4n) is 4.78. The summed E-state index contributed by atoms with van der Waals surface area (Å²) in [5, 5.41) is 0. The molecular weight excluding hydrogens is 392 g/mol. The van der Waals surface area contributed by atoms with Crippen LogP contribution in [0.2, 0.25) is 0 Å². The second kappa shape index (κ2) is 12.2. The standard InChI is InChI=1S/C27H37F2NO/c1-2-7-20-8-10-21(11-9-20)22-12-14-23(15-13-22)24-16-17-25(27(29)26(24)28)31-19-6-4-3-5-18-30/h12-17,20-21H,2-11,18-19,30H2,1H3. The molecule has 0 saturated heterocycles. The van der Waals surface area contributed by atoms with Gasteiger partial charge in [-0.05, 0) is 80.2 Å². The van der Waals surface area contributed by atoms with Crippen LogP contribution >= 0.6 is 0 Å². The number of halogens is 2. The summed E-state index contributed by atoms with van der Waals surface area (Å²) in [5.74, 6) is -0.291. The van der Waals surface area contributed by atoms with Gasteiger partial charge in [0.2, 0.25) is 5.82 Å². The fraction of sp³-hybridized carbons (Fsp3) is 0.556. The van der Waals surface area contributed by atoms with Gasteiger partial charge < -0.3 is 10.5 Å². The minimum absolute atomic E-state index is 0.0134. The molecule has 3 rings (SSSR count). The third-order valence-corrected chi connectivity index (χ3v) is 6.64. The third-order valence-electron chi connectivity index (χ3n) is 6.64. The summed E-state index contributed by atoms with van der Waals surface area (Å²) in [6.45, 7) is 3.33. The molecule has 0 spiro atoms. The summed E-state index contributed by atoms with van der Waals surface area (Å²) in [6.07, 6.45) is 11.5. The molecule has 1 fully saturated rings. The molecule has 31 heavy (non-hydrogen) atoms. The van der Waals surface area contributed by atoms with E-state index in [1.54, 1.807) is 6.07 Å². The van der Waals surface area contributed by atoms with E-state index in [1.807, 2.05) is 12.1 Å². The second-order valence-electron chi connectivity index (χ2n) is 8.92. The number of nitrogens with two attached hydrogens (primary N) is 1. The van der Waals surface area contributed by atoms with E-state index in [9.17, 15) is 8.78 Å². The van der Waals surface area contributed by atoms with Gasteiger partial charge in [-0.15, -0.1) is 0 Å². The van der Waals surface area contributed by atoms with Crippen molar-refractivity contribution in [1.82, 2.24) is 0 Å². The van der Waals surface area contributed by atoms with Crippen LogP contribution < -0.4 is 10.5 Å². The lowest BCUT2D eigenvalue weighted by Crippen LogP contribution is -2.13. The van der Waals surface area contributed by atoms with Crippen molar-refractivity contribution >= 4 is 0 Å². The number of unbranched alkanes of at least 4 members (excludes halogenated alkanes) is 3. The zero-order valence-corrected chi connectivity index (χ0v) is 18.8. The van der Waals surface area contributed by atoms with E-state index in [1.165, 1.54) is 50.2 Å². The van der Waals surface area contributed by atoms with Gasteiger partial charge in [0, 0.05) is 5.56 Å². The maximum Gasteiger partial charge on any atom is 0.201 e. The van der Waals surface area contributed by atoms with E-state index in [0.29, 0.717) is 24.6 Å². The highest BCUT2D eigenvalue weighted by atomic mass is 19.2. The van der Waals surface area contributed by atoms with Crippen LogP contribution in [0.5, 0.6) is 5.75 Å². The average Bonchev–Trinajstić information content (AvgIpc) is 2.80. The maximum absolute atomic E-state index is 14.7. The summed E-state index contributed by atoms with van der Waals surface area (Å²) < 4.78 is 34.7. The average molecular weight is 430 g/mol. The molecule has 0 unspecified atom stereocenters. The van der Waals surface area contributed by atoms with E-state index < -0.39 is 11.6 Å². The first kappa shape index (κ1) is 23.7. The van der Waals surface area contributed by atoms with Crippen LogP contribution in [-0.4, -0.2) is 13.2 Å². The molecule has 2 aromatic rings. The Bertz CT molecular complexity index is 798. The van der Waals surface area contributed by atoms with Crippen LogP contribution in [0.1, 0.15) is 82.6 Å². The molecule has 170 valence electrons. The lowest BCUT2D eigenvalue weighted by atomic mass is 9.77. The van der Waals surface area contributed by atoms with Gasteiger partial charge in [0.1, 0.15) is 0 Å². The summed E-state index contributed by atoms with van der Waals surface area (Å²) in [7, 11) is 0. The number of benzene rings is 2. The van der Waals surface area contributed by atoms with Gasteiger partial charge in [-0.1, -0.05) is 56.9 Å². The fourth-order valence-corrected chi connectivity index (χ4v) is 4.78. The van der Waals surface area contributed by atoms with Gasteiger partial charge in [-0.25, -0.2) is 4.39 Å². The highest BCUT2D eigenvalue weighted by molar-refractivity contribution is 5.65. The zero-order valence-electron chi connectivity index (χ0n) is 18.8. The SMILES string of the molecule is CCCC1CCC(c2ccc(-c3ccc(OCCCCCCN)c(F)c3F)cc2)CC1. The van der Waals surface area contributed by atoms with Crippen LogP contribution in [0.25, 0.3) is 11.1 Å². The van der Waals surface area contributed by atoms with Gasteiger partial charge in [0.15, 0.2) is 11.6 Å². The number of ether oxygens (including phenoxy) is 1. The highest BCUT2D eigenvalue weighted by Crippen LogP contribution is 2.38. The molecule has 0 heterocycles. The molecule has 2 nitrogen and oxygen atoms in total. The quantitative estimate of drug-likeness (QED) is 0.373. The lowest BCUT2D eigenvalue weighted by molar-refractivity contribution is 0.285. The first-order chi connectivity index (χ1) is 15.1. The van der Waals surface area contributed by atoms with Crippen molar-refractivity contribution in [3.05, 3.63) is 53.6 Å². The Morgan fingerprint density at radius 3 is 2.26 bits per heavy atom. The molecule has 0 atom stereocenters. The van der Waals surface area contributed by atoms with E-state index >= 15 is 0 Å². The molecule has 4 heteroatoms. The van der Waals surface area contributed by atoms with Crippen molar-refractivity contribution in [2.24, 2.45) is 11.7 Å². The van der Waals surface area contributed by atoms with Crippen molar-refractivity contribution < 1.29 is 13.5 Å². The van der Waals surface area contributed by atoms with Gasteiger partial charge in [-0.2, -0.15) is 4.39 Å². The zero-order chi connectivity index (χ0) is 22.1. The van der Waals surface area contributed by atoms with Crippen molar-refractivity contribution in [1.29, 1.82) is 0 Å². The van der Waals surface area contributed by atoms with Crippen molar-refractivity contribution in [2.75, 3.05) is 13.2 Å². The van der Waals surface area contributed by atoms with Crippen LogP contribution in [0, 0.1) is 17.6 Å². The Kier molecular flexibility index (Phi) is 9.32. The van der Waals surface area contributed by atoms with Crippen LogP contribution in [0.15, 0.2) is 36.4 Å². The second-order valence-corrected chi connectivity index (χ2v) is 8.92. The van der Waals surface area contributed by atoms with Gasteiger partial charge in [-0.3, -0.25) is 0 Å². The van der Waals surface area contributed by atoms with Gasteiger partial charge in [0.05, 0.1) is 6.61 Å². The first-order valence-corrected chi connectivity index (χ1v) is 12.0. The molecule has 1 aliphatic rings. The Morgan fingerprint density at radius 2 is 1.58 bits per heavy atom. The monoisotopic (exact) mass is 429 g/mol. The Hall–Kier alpha value is -1.94. The number of hydrogen-bond acceptors (Lipinski definition) is 2. The molecule has 0 radical (unpaired) electrons. The number of hydrogen-bond donors (Lipinski definition) is 1. The van der Waals surface area contributed by atoms with Crippen molar-refractivity contribution in [3.8, 4) is 16.9 Å². The summed E-state index contributed by atoms with van der Waals surface area (Å²) >= 11 is 0. The topological polar surface area (TPSA) is 35.2 Å². The van der Waals surface area contributed by atoms with E-state index in [2.05, 4.69) is 19.1 Å². The van der Waals surface area contributed by atoms with E-state index in [0.717, 1.165) is 31.6 Å².